The van der Waals surface area contributed by atoms with E-state index < -0.39 is 0 Å². The van der Waals surface area contributed by atoms with Gasteiger partial charge in [0.05, 0.1) is 5.52 Å². The van der Waals surface area contributed by atoms with Crippen LogP contribution >= 0.6 is 11.6 Å². The minimum Gasteiger partial charge on any atom is -0.296 e. The molecule has 1 atom stereocenters. The Balaban J connectivity index is 1.77. The van der Waals surface area contributed by atoms with Crippen molar-refractivity contribution in [1.82, 2.24) is 9.88 Å². The molecule has 1 aromatic heterocycles. The number of likely N-dealkylation sites (tertiary alicyclic amines) is 1. The van der Waals surface area contributed by atoms with Gasteiger partial charge in [0.25, 0.3) is 0 Å². The summed E-state index contributed by atoms with van der Waals surface area (Å²) in [6.07, 6.45) is 6.91. The first-order chi connectivity index (χ1) is 9.86. The average Bonchev–Trinajstić information content (AvgIpc) is 2.49. The number of rotatable bonds is 4. The van der Waals surface area contributed by atoms with Crippen molar-refractivity contribution in [2.24, 2.45) is 0 Å². The number of alkyl halides is 1. The predicted octanol–water partition coefficient (Wildman–Crippen LogP) is 4.22. The van der Waals surface area contributed by atoms with E-state index in [0.717, 1.165) is 24.4 Å². The van der Waals surface area contributed by atoms with Gasteiger partial charge < -0.3 is 0 Å². The summed E-state index contributed by atoms with van der Waals surface area (Å²) in [7, 11) is 0. The molecular weight excluding hydrogens is 268 g/mol. The third kappa shape index (κ3) is 3.13. The molecule has 20 heavy (non-hydrogen) atoms. The lowest BCUT2D eigenvalue weighted by molar-refractivity contribution is 0.137. The van der Waals surface area contributed by atoms with Crippen molar-refractivity contribution >= 4 is 22.5 Å². The maximum absolute atomic E-state index is 5.95. The summed E-state index contributed by atoms with van der Waals surface area (Å²) in [5.74, 6) is 0.767. The summed E-state index contributed by atoms with van der Waals surface area (Å²) in [6, 6.07) is 11.4. The zero-order chi connectivity index (χ0) is 13.8. The smallest absolute Gasteiger partial charge is 0.0702 e. The van der Waals surface area contributed by atoms with Crippen LogP contribution in [0.2, 0.25) is 0 Å². The van der Waals surface area contributed by atoms with E-state index in [-0.39, 0.29) is 0 Å². The second-order valence-electron chi connectivity index (χ2n) is 5.63. The van der Waals surface area contributed by atoms with Gasteiger partial charge in [0.2, 0.25) is 0 Å². The molecule has 2 nitrogen and oxygen atoms in total. The number of nitrogens with zero attached hydrogens (tertiary/aromatic N) is 2. The second kappa shape index (κ2) is 6.55. The molecule has 0 amide bonds. The standard InChI is InChI=1S/C17H21ClN2/c18-9-8-16-5-1-2-11-20(16)13-14-6-7-17-15(12-14)4-3-10-19-17/h3-4,6-7,10,12,16H,1-2,5,8-9,11,13H2. The van der Waals surface area contributed by atoms with Gasteiger partial charge in [-0.3, -0.25) is 9.88 Å². The monoisotopic (exact) mass is 288 g/mol. The van der Waals surface area contributed by atoms with Gasteiger partial charge in [0.15, 0.2) is 0 Å². The number of hydrogen-bond donors (Lipinski definition) is 0. The number of piperidine rings is 1. The van der Waals surface area contributed by atoms with E-state index in [1.165, 1.54) is 36.8 Å². The Morgan fingerprint density at radius 2 is 2.20 bits per heavy atom. The Kier molecular flexibility index (Phi) is 4.54. The van der Waals surface area contributed by atoms with Crippen molar-refractivity contribution in [3.63, 3.8) is 0 Å². The quantitative estimate of drug-likeness (QED) is 0.783. The molecule has 1 aromatic carbocycles. The van der Waals surface area contributed by atoms with Crippen LogP contribution in [-0.2, 0) is 6.54 Å². The highest BCUT2D eigenvalue weighted by Crippen LogP contribution is 2.23. The van der Waals surface area contributed by atoms with Gasteiger partial charge in [0, 0.05) is 30.0 Å². The number of halogens is 1. The van der Waals surface area contributed by atoms with Gasteiger partial charge in [-0.15, -0.1) is 11.6 Å². The van der Waals surface area contributed by atoms with Crippen LogP contribution in [-0.4, -0.2) is 28.4 Å². The van der Waals surface area contributed by atoms with E-state index in [4.69, 9.17) is 11.6 Å². The van der Waals surface area contributed by atoms with Gasteiger partial charge in [-0.1, -0.05) is 18.6 Å². The van der Waals surface area contributed by atoms with Crippen LogP contribution in [0.5, 0.6) is 0 Å². The molecule has 0 bridgehead atoms. The molecule has 1 aliphatic heterocycles. The minimum absolute atomic E-state index is 0.658. The molecule has 0 saturated carbocycles. The molecule has 106 valence electrons. The van der Waals surface area contributed by atoms with Crippen molar-refractivity contribution < 1.29 is 0 Å². The normalized spacial score (nSPS) is 20.4. The fourth-order valence-corrected chi connectivity index (χ4v) is 3.43. The highest BCUT2D eigenvalue weighted by Gasteiger charge is 2.21. The largest absolute Gasteiger partial charge is 0.296 e. The Morgan fingerprint density at radius 1 is 1.25 bits per heavy atom. The molecule has 2 aromatic rings. The van der Waals surface area contributed by atoms with E-state index in [2.05, 4.69) is 34.1 Å². The van der Waals surface area contributed by atoms with E-state index >= 15 is 0 Å². The van der Waals surface area contributed by atoms with E-state index in [1.807, 2.05) is 12.3 Å². The number of hydrogen-bond acceptors (Lipinski definition) is 2. The third-order valence-corrected chi connectivity index (χ3v) is 4.46. The highest BCUT2D eigenvalue weighted by atomic mass is 35.5. The molecule has 0 aliphatic carbocycles. The van der Waals surface area contributed by atoms with Gasteiger partial charge >= 0.3 is 0 Å². The summed E-state index contributed by atoms with van der Waals surface area (Å²) < 4.78 is 0. The van der Waals surface area contributed by atoms with Gasteiger partial charge in [0.1, 0.15) is 0 Å². The fraction of sp³-hybridized carbons (Fsp3) is 0.471. The summed E-state index contributed by atoms with van der Waals surface area (Å²) >= 11 is 5.95. The van der Waals surface area contributed by atoms with Crippen molar-refractivity contribution in [2.45, 2.75) is 38.3 Å². The lowest BCUT2D eigenvalue weighted by Gasteiger charge is -2.35. The molecule has 0 radical (unpaired) electrons. The molecule has 2 heterocycles. The number of benzene rings is 1. The highest BCUT2D eigenvalue weighted by molar-refractivity contribution is 6.17. The third-order valence-electron chi connectivity index (χ3n) is 4.24. The number of aromatic nitrogens is 1. The van der Waals surface area contributed by atoms with Crippen molar-refractivity contribution in [1.29, 1.82) is 0 Å². The van der Waals surface area contributed by atoms with Crippen molar-refractivity contribution in [2.75, 3.05) is 12.4 Å². The Morgan fingerprint density at radius 3 is 3.10 bits per heavy atom. The fourth-order valence-electron chi connectivity index (χ4n) is 3.18. The maximum Gasteiger partial charge on any atom is 0.0702 e. The molecule has 3 heteroatoms. The Labute approximate surface area is 125 Å². The molecule has 1 saturated heterocycles. The molecule has 1 aliphatic rings. The SMILES string of the molecule is ClCCC1CCCCN1Cc1ccc2ncccc2c1. The lowest BCUT2D eigenvalue weighted by atomic mass is 9.99. The number of fused-ring (bicyclic) bond motifs is 1. The predicted molar refractivity (Wildman–Crippen MR) is 85.1 cm³/mol. The zero-order valence-corrected chi connectivity index (χ0v) is 12.5. The second-order valence-corrected chi connectivity index (χ2v) is 6.01. The van der Waals surface area contributed by atoms with E-state index in [9.17, 15) is 0 Å². The number of pyridine rings is 1. The maximum atomic E-state index is 5.95. The van der Waals surface area contributed by atoms with Gasteiger partial charge in [-0.05, 0) is 49.6 Å². The molecule has 1 fully saturated rings. The summed E-state index contributed by atoms with van der Waals surface area (Å²) in [5.41, 5.74) is 2.46. The average molecular weight is 289 g/mol. The van der Waals surface area contributed by atoms with E-state index in [0.29, 0.717) is 6.04 Å². The van der Waals surface area contributed by atoms with Gasteiger partial charge in [-0.2, -0.15) is 0 Å². The summed E-state index contributed by atoms with van der Waals surface area (Å²) in [5, 5.41) is 1.23. The zero-order valence-electron chi connectivity index (χ0n) is 11.8. The van der Waals surface area contributed by atoms with E-state index in [1.54, 1.807) is 0 Å². The first-order valence-electron chi connectivity index (χ1n) is 7.50. The lowest BCUT2D eigenvalue weighted by Crippen LogP contribution is -2.39. The van der Waals surface area contributed by atoms with Gasteiger partial charge in [-0.25, -0.2) is 0 Å². The van der Waals surface area contributed by atoms with Crippen LogP contribution < -0.4 is 0 Å². The Hall–Kier alpha value is -1.12. The van der Waals surface area contributed by atoms with Crippen LogP contribution in [0.3, 0.4) is 0 Å². The van der Waals surface area contributed by atoms with Crippen LogP contribution in [0, 0.1) is 0 Å². The molecule has 1 unspecified atom stereocenters. The molecule has 3 rings (SSSR count). The first-order valence-corrected chi connectivity index (χ1v) is 8.04. The minimum atomic E-state index is 0.658. The van der Waals surface area contributed by atoms with Crippen molar-refractivity contribution in [3.05, 3.63) is 42.1 Å². The summed E-state index contributed by atoms with van der Waals surface area (Å²) in [6.45, 7) is 2.24. The first kappa shape index (κ1) is 13.8. The molecular formula is C17H21ClN2. The molecule has 0 spiro atoms. The summed E-state index contributed by atoms with van der Waals surface area (Å²) in [4.78, 5) is 6.98. The van der Waals surface area contributed by atoms with Crippen molar-refractivity contribution in [3.8, 4) is 0 Å². The van der Waals surface area contributed by atoms with Crippen LogP contribution in [0.25, 0.3) is 10.9 Å². The Bertz CT molecular complexity index is 568. The molecule has 0 N–H and O–H groups in total. The van der Waals surface area contributed by atoms with Crippen LogP contribution in [0.1, 0.15) is 31.2 Å². The van der Waals surface area contributed by atoms with Crippen LogP contribution in [0.15, 0.2) is 36.5 Å². The van der Waals surface area contributed by atoms with Crippen LogP contribution in [0.4, 0.5) is 0 Å². The topological polar surface area (TPSA) is 16.1 Å².